The second kappa shape index (κ2) is 4.34. The van der Waals surface area contributed by atoms with Crippen LogP contribution in [0.1, 0.15) is 18.2 Å². The minimum Gasteiger partial charge on any atom is -0.480 e. The van der Waals surface area contributed by atoms with Crippen molar-refractivity contribution in [2.75, 3.05) is 0 Å². The Morgan fingerprint density at radius 1 is 1.71 bits per heavy atom. The standard InChI is InChI=1S/C9H10BrNO4S2/c1-2-5(9(12)13)11-4-6-7(17(11,14)15)3-8(10)16-6/h3,5H,2,4H2,1H3,(H,12,13). The molecule has 1 N–H and O–H groups in total. The van der Waals surface area contributed by atoms with Crippen molar-refractivity contribution in [3.63, 3.8) is 0 Å². The summed E-state index contributed by atoms with van der Waals surface area (Å²) in [6, 6.07) is 0.544. The average molecular weight is 340 g/mol. The summed E-state index contributed by atoms with van der Waals surface area (Å²) in [5.41, 5.74) is 0. The molecule has 1 aliphatic heterocycles. The number of sulfonamides is 1. The summed E-state index contributed by atoms with van der Waals surface area (Å²) in [5.74, 6) is -1.11. The van der Waals surface area contributed by atoms with Crippen molar-refractivity contribution in [3.05, 3.63) is 14.7 Å². The summed E-state index contributed by atoms with van der Waals surface area (Å²) in [6.07, 6.45) is 0.255. The first-order chi connectivity index (χ1) is 7.87. The zero-order valence-corrected chi connectivity index (χ0v) is 12.1. The van der Waals surface area contributed by atoms with Crippen molar-refractivity contribution >= 4 is 43.3 Å². The van der Waals surface area contributed by atoms with Gasteiger partial charge in [0.2, 0.25) is 10.0 Å². The van der Waals surface area contributed by atoms with Gasteiger partial charge in [0.1, 0.15) is 6.04 Å². The largest absolute Gasteiger partial charge is 0.480 e. The van der Waals surface area contributed by atoms with Crippen LogP contribution in [0.5, 0.6) is 0 Å². The molecule has 1 aromatic heterocycles. The third-order valence-corrected chi connectivity index (χ3v) is 6.32. The molecule has 0 saturated heterocycles. The van der Waals surface area contributed by atoms with E-state index >= 15 is 0 Å². The summed E-state index contributed by atoms with van der Waals surface area (Å²) < 4.78 is 26.1. The van der Waals surface area contributed by atoms with Crippen molar-refractivity contribution in [3.8, 4) is 0 Å². The second-order valence-electron chi connectivity index (χ2n) is 3.65. The molecule has 0 saturated carbocycles. The van der Waals surface area contributed by atoms with E-state index in [4.69, 9.17) is 5.11 Å². The van der Waals surface area contributed by atoms with Crippen molar-refractivity contribution < 1.29 is 18.3 Å². The van der Waals surface area contributed by atoms with E-state index in [2.05, 4.69) is 15.9 Å². The van der Waals surface area contributed by atoms with Gasteiger partial charge >= 0.3 is 5.97 Å². The molecule has 0 amide bonds. The molecular weight excluding hydrogens is 330 g/mol. The van der Waals surface area contributed by atoms with Gasteiger partial charge < -0.3 is 5.11 Å². The fourth-order valence-electron chi connectivity index (χ4n) is 1.84. The van der Waals surface area contributed by atoms with Crippen LogP contribution in [0.25, 0.3) is 0 Å². The zero-order chi connectivity index (χ0) is 12.8. The molecular formula is C9H10BrNO4S2. The molecule has 2 heterocycles. The molecule has 1 atom stereocenters. The molecule has 0 bridgehead atoms. The minimum atomic E-state index is -3.65. The number of hydrogen-bond acceptors (Lipinski definition) is 4. The predicted octanol–water partition coefficient (Wildman–Crippen LogP) is 1.88. The number of carboxylic acid groups (broad SMARTS) is 1. The van der Waals surface area contributed by atoms with Crippen LogP contribution in [0.15, 0.2) is 14.7 Å². The SMILES string of the molecule is CCC(C(=O)O)N1Cc2sc(Br)cc2S1(=O)=O. The maximum absolute atomic E-state index is 12.2. The second-order valence-corrected chi connectivity index (χ2v) is 8.03. The van der Waals surface area contributed by atoms with Crippen molar-refractivity contribution in [2.45, 2.75) is 30.8 Å². The van der Waals surface area contributed by atoms with Gasteiger partial charge in [-0.05, 0) is 28.4 Å². The van der Waals surface area contributed by atoms with Crippen molar-refractivity contribution in [1.29, 1.82) is 0 Å². The van der Waals surface area contributed by atoms with E-state index in [1.54, 1.807) is 6.92 Å². The van der Waals surface area contributed by atoms with Crippen molar-refractivity contribution in [2.24, 2.45) is 0 Å². The molecule has 0 spiro atoms. The first-order valence-corrected chi connectivity index (χ1v) is 7.95. The van der Waals surface area contributed by atoms with Crippen LogP contribution in [-0.2, 0) is 21.4 Å². The number of thiophene rings is 1. The average Bonchev–Trinajstić information content (AvgIpc) is 2.67. The first kappa shape index (κ1) is 13.0. The number of hydrogen-bond donors (Lipinski definition) is 1. The van der Waals surface area contributed by atoms with Gasteiger partial charge in [-0.2, -0.15) is 4.31 Å². The van der Waals surface area contributed by atoms with E-state index in [9.17, 15) is 13.2 Å². The molecule has 2 rings (SSSR count). The van der Waals surface area contributed by atoms with Crippen LogP contribution in [0, 0.1) is 0 Å². The Balaban J connectivity index is 2.44. The summed E-state index contributed by atoms with van der Waals surface area (Å²) in [5, 5.41) is 9.03. The molecule has 94 valence electrons. The Kier molecular flexibility index (Phi) is 3.32. The molecule has 1 unspecified atom stereocenters. The third-order valence-electron chi connectivity index (χ3n) is 2.65. The Morgan fingerprint density at radius 2 is 2.35 bits per heavy atom. The molecule has 0 radical (unpaired) electrons. The topological polar surface area (TPSA) is 74.7 Å². The van der Waals surface area contributed by atoms with E-state index in [0.29, 0.717) is 4.88 Å². The zero-order valence-electron chi connectivity index (χ0n) is 8.88. The lowest BCUT2D eigenvalue weighted by atomic mass is 10.2. The number of halogens is 1. The number of carbonyl (C=O) groups is 1. The highest BCUT2D eigenvalue weighted by Gasteiger charge is 2.42. The quantitative estimate of drug-likeness (QED) is 0.912. The monoisotopic (exact) mass is 339 g/mol. The van der Waals surface area contributed by atoms with Crippen LogP contribution >= 0.6 is 27.3 Å². The maximum atomic E-state index is 12.2. The van der Waals surface area contributed by atoms with E-state index in [0.717, 1.165) is 8.09 Å². The van der Waals surface area contributed by atoms with Gasteiger partial charge in [0.15, 0.2) is 0 Å². The molecule has 0 aliphatic carbocycles. The number of aliphatic carboxylic acids is 1. The minimum absolute atomic E-state index is 0.152. The van der Waals surface area contributed by atoms with Crippen LogP contribution in [0.3, 0.4) is 0 Å². The summed E-state index contributed by atoms with van der Waals surface area (Å²) in [4.78, 5) is 12.0. The van der Waals surface area contributed by atoms with Gasteiger partial charge in [0, 0.05) is 4.88 Å². The highest BCUT2D eigenvalue weighted by atomic mass is 79.9. The van der Waals surface area contributed by atoms with Gasteiger partial charge in [0.05, 0.1) is 15.2 Å². The third kappa shape index (κ3) is 2.03. The van der Waals surface area contributed by atoms with Crippen molar-refractivity contribution in [1.82, 2.24) is 4.31 Å². The fourth-order valence-corrected chi connectivity index (χ4v) is 5.93. The summed E-state index contributed by atoms with van der Waals surface area (Å²) >= 11 is 4.56. The molecule has 1 aliphatic rings. The molecule has 0 fully saturated rings. The van der Waals surface area contributed by atoms with Crippen LogP contribution < -0.4 is 0 Å². The first-order valence-electron chi connectivity index (χ1n) is 4.90. The summed E-state index contributed by atoms with van der Waals surface area (Å²) in [6.45, 7) is 1.81. The van der Waals surface area contributed by atoms with E-state index in [1.807, 2.05) is 0 Å². The number of fused-ring (bicyclic) bond motifs is 1. The lowest BCUT2D eigenvalue weighted by Gasteiger charge is -2.21. The smallest absolute Gasteiger partial charge is 0.322 e. The molecule has 0 aromatic carbocycles. The van der Waals surface area contributed by atoms with Gasteiger partial charge in [-0.3, -0.25) is 4.79 Å². The van der Waals surface area contributed by atoms with Crippen LogP contribution in [0.4, 0.5) is 0 Å². The fraction of sp³-hybridized carbons (Fsp3) is 0.444. The normalized spacial score (nSPS) is 20.1. The van der Waals surface area contributed by atoms with Gasteiger partial charge in [0.25, 0.3) is 0 Å². The maximum Gasteiger partial charge on any atom is 0.322 e. The van der Waals surface area contributed by atoms with Crippen LogP contribution in [0.2, 0.25) is 0 Å². The summed E-state index contributed by atoms with van der Waals surface area (Å²) in [7, 11) is -3.65. The highest BCUT2D eigenvalue weighted by Crippen LogP contribution is 2.40. The Bertz CT molecular complexity index is 566. The lowest BCUT2D eigenvalue weighted by molar-refractivity contribution is -0.141. The lowest BCUT2D eigenvalue weighted by Crippen LogP contribution is -2.40. The molecule has 8 heteroatoms. The van der Waals surface area contributed by atoms with Gasteiger partial charge in [-0.15, -0.1) is 11.3 Å². The number of carboxylic acids is 1. The Hall–Kier alpha value is -0.440. The highest BCUT2D eigenvalue weighted by molar-refractivity contribution is 9.11. The number of rotatable bonds is 3. The van der Waals surface area contributed by atoms with Crippen LogP contribution in [-0.4, -0.2) is 29.8 Å². The van der Waals surface area contributed by atoms with Gasteiger partial charge in [-0.25, -0.2) is 8.42 Å². The molecule has 1 aromatic rings. The van der Waals surface area contributed by atoms with E-state index < -0.39 is 22.0 Å². The van der Waals surface area contributed by atoms with E-state index in [-0.39, 0.29) is 17.9 Å². The Morgan fingerprint density at radius 3 is 2.82 bits per heavy atom. The van der Waals surface area contributed by atoms with Gasteiger partial charge in [-0.1, -0.05) is 6.92 Å². The molecule has 5 nitrogen and oxygen atoms in total. The Labute approximate surface area is 111 Å². The number of nitrogens with zero attached hydrogens (tertiary/aromatic N) is 1. The predicted molar refractivity (Wildman–Crippen MR) is 66.5 cm³/mol. The molecule has 17 heavy (non-hydrogen) atoms. The van der Waals surface area contributed by atoms with E-state index in [1.165, 1.54) is 17.4 Å².